The molecule has 1 aliphatic rings. The van der Waals surface area contributed by atoms with E-state index in [-0.39, 0.29) is 64.0 Å². The van der Waals surface area contributed by atoms with E-state index in [1.807, 2.05) is 6.08 Å². The van der Waals surface area contributed by atoms with Gasteiger partial charge in [-0.1, -0.05) is 154 Å². The number of amides is 2. The van der Waals surface area contributed by atoms with Crippen molar-refractivity contribution in [2.75, 3.05) is 53.2 Å². The molecule has 2 amide bonds. The van der Waals surface area contributed by atoms with E-state index in [2.05, 4.69) is 49.6 Å². The zero-order valence-corrected chi connectivity index (χ0v) is 48.3. The summed E-state index contributed by atoms with van der Waals surface area (Å²) in [7, 11) is -3.04. The fourth-order valence-corrected chi connectivity index (χ4v) is 9.44. The lowest BCUT2D eigenvalue weighted by atomic mass is 9.99. The van der Waals surface area contributed by atoms with Gasteiger partial charge >= 0.3 is 19.8 Å². The number of hydrogen-bond donors (Lipinski definition) is 6. The molecule has 0 saturated carbocycles. The summed E-state index contributed by atoms with van der Waals surface area (Å²) in [5.74, 6) is -1.88. The van der Waals surface area contributed by atoms with Crippen LogP contribution in [0.15, 0.2) is 24.3 Å². The Hall–Kier alpha value is -2.77. The number of aliphatic hydroxyl groups excluding tert-OH is 4. The molecule has 76 heavy (non-hydrogen) atoms. The summed E-state index contributed by atoms with van der Waals surface area (Å²) >= 11 is 0. The van der Waals surface area contributed by atoms with Crippen LogP contribution in [0.5, 0.6) is 0 Å². The summed E-state index contributed by atoms with van der Waals surface area (Å²) in [6.45, 7) is 5.38. The van der Waals surface area contributed by atoms with Gasteiger partial charge in [-0.2, -0.15) is 0 Å². The maximum Gasteiger partial charge on any atom is 0.474 e. The molecule has 444 valence electrons. The third-order valence-electron chi connectivity index (χ3n) is 13.3. The van der Waals surface area contributed by atoms with Crippen molar-refractivity contribution in [3.05, 3.63) is 24.3 Å². The van der Waals surface area contributed by atoms with Gasteiger partial charge in [0.2, 0.25) is 11.8 Å². The van der Waals surface area contributed by atoms with Crippen molar-refractivity contribution in [1.82, 2.24) is 10.6 Å². The number of hydrogen-bond acceptors (Lipinski definition) is 16. The van der Waals surface area contributed by atoms with Crippen LogP contribution in [-0.2, 0) is 56.3 Å². The minimum absolute atomic E-state index is 0.0147. The summed E-state index contributed by atoms with van der Waals surface area (Å²) < 4.78 is 52.0. The lowest BCUT2D eigenvalue weighted by molar-refractivity contribution is -0.301. The number of carbonyl (C=O) groups is 4. The molecule has 1 saturated heterocycles. The van der Waals surface area contributed by atoms with E-state index in [0.717, 1.165) is 90.6 Å². The zero-order chi connectivity index (χ0) is 55.9. The molecule has 0 aromatic carbocycles. The van der Waals surface area contributed by atoms with Crippen molar-refractivity contribution in [2.45, 2.75) is 257 Å². The smallest absolute Gasteiger partial charge is 0.461 e. The van der Waals surface area contributed by atoms with E-state index in [0.29, 0.717) is 32.1 Å². The Balaban J connectivity index is 2.63. The lowest BCUT2D eigenvalue weighted by Crippen LogP contribution is -2.59. The molecule has 1 rings (SSSR count). The van der Waals surface area contributed by atoms with Crippen LogP contribution >= 0.6 is 7.82 Å². The molecule has 4 unspecified atom stereocenters. The minimum atomic E-state index is -4.20. The number of nitrogens with one attached hydrogen (secondary N) is 2. The molecule has 8 atom stereocenters. The molecule has 0 aromatic heterocycles. The Labute approximate surface area is 457 Å². The van der Waals surface area contributed by atoms with Crippen molar-refractivity contribution in [3.8, 4) is 0 Å². The number of esters is 2. The Bertz CT molecular complexity index is 1570. The standard InChI is InChI=1S/C57H105N2O16P/c1-5-8-11-14-16-18-19-20-21-22-23-24-26-28-31-39-52(63)74-48(45-71-56(67)47(35-29-13-10-7-3)36-30-27-25-17-15-12-9-6-2)46-73-76(68,69-4)72-43-41-59-51(62)38-33-32-37-50(61)58-40-34-42-70-57-55(66)54(65)53(64)49(44-60)75-57/h20-21,30,36,47-49,53-55,57,60,64-66H,5-19,22-29,31-35,37-46H2,1-4H3,(H,58,61)(H,59,62)/b21-20+,36-30-/t47?,48-,49?,53+,54+,55?,57-,76?/m1/s1. The van der Waals surface area contributed by atoms with Crippen LogP contribution in [0, 0.1) is 5.92 Å². The largest absolute Gasteiger partial charge is 0.474 e. The molecule has 0 spiro atoms. The fourth-order valence-electron chi connectivity index (χ4n) is 8.49. The molecule has 1 fully saturated rings. The summed E-state index contributed by atoms with van der Waals surface area (Å²) in [5.41, 5.74) is 0. The van der Waals surface area contributed by atoms with Crippen LogP contribution in [-0.4, -0.2) is 134 Å². The van der Waals surface area contributed by atoms with E-state index >= 15 is 0 Å². The van der Waals surface area contributed by atoms with Crippen molar-refractivity contribution in [3.63, 3.8) is 0 Å². The molecule has 6 N–H and O–H groups in total. The zero-order valence-electron chi connectivity index (χ0n) is 47.4. The van der Waals surface area contributed by atoms with Crippen molar-refractivity contribution < 1.29 is 76.7 Å². The highest BCUT2D eigenvalue weighted by Gasteiger charge is 2.44. The number of unbranched alkanes of at least 4 members (excludes halogenated alkanes) is 21. The number of rotatable bonds is 51. The van der Waals surface area contributed by atoms with Gasteiger partial charge in [-0.15, -0.1) is 0 Å². The molecule has 1 heterocycles. The van der Waals surface area contributed by atoms with E-state index < -0.39 is 75.7 Å². The van der Waals surface area contributed by atoms with Gasteiger partial charge in [-0.05, 0) is 70.6 Å². The minimum Gasteiger partial charge on any atom is -0.461 e. The SMILES string of the molecule is CCCCCCCC/C=C\C(CCCCCC)C(=O)OC[C@H](COP(=O)(OC)OCCNC(=O)CCCCC(=O)NCCCO[C@@H]1OC(CO)[C@H](O)[C@H](O)C1O)OC(=O)CCCCCCC/C=C/CCCCCCCC. The second-order valence-electron chi connectivity index (χ2n) is 20.1. The lowest BCUT2D eigenvalue weighted by Gasteiger charge is -2.39. The third kappa shape index (κ3) is 37.2. The van der Waals surface area contributed by atoms with Crippen LogP contribution < -0.4 is 10.6 Å². The van der Waals surface area contributed by atoms with Gasteiger partial charge in [-0.3, -0.25) is 32.7 Å². The molecule has 0 aliphatic carbocycles. The summed E-state index contributed by atoms with van der Waals surface area (Å²) in [6.07, 6.45) is 29.8. The maximum atomic E-state index is 13.6. The maximum absolute atomic E-state index is 13.6. The molecule has 0 radical (unpaired) electrons. The van der Waals surface area contributed by atoms with Crippen LogP contribution in [0.4, 0.5) is 0 Å². The van der Waals surface area contributed by atoms with Gasteiger partial charge in [0, 0.05) is 39.5 Å². The number of aliphatic hydroxyl groups is 4. The monoisotopic (exact) mass is 1100 g/mol. The van der Waals surface area contributed by atoms with E-state index in [4.69, 9.17) is 32.5 Å². The van der Waals surface area contributed by atoms with Crippen molar-refractivity contribution in [2.24, 2.45) is 5.92 Å². The van der Waals surface area contributed by atoms with Gasteiger partial charge in [0.25, 0.3) is 0 Å². The van der Waals surface area contributed by atoms with E-state index in [1.165, 1.54) is 64.2 Å². The van der Waals surface area contributed by atoms with Gasteiger partial charge in [-0.25, -0.2) is 4.57 Å². The van der Waals surface area contributed by atoms with Crippen LogP contribution in [0.3, 0.4) is 0 Å². The van der Waals surface area contributed by atoms with Crippen LogP contribution in [0.2, 0.25) is 0 Å². The number of ether oxygens (including phenoxy) is 4. The Kier molecular flexibility index (Phi) is 45.1. The highest BCUT2D eigenvalue weighted by atomic mass is 31.2. The van der Waals surface area contributed by atoms with Crippen molar-refractivity contribution in [1.29, 1.82) is 0 Å². The Morgan fingerprint density at radius 2 is 1.12 bits per heavy atom. The van der Waals surface area contributed by atoms with Gasteiger partial charge in [0.1, 0.15) is 31.0 Å². The molecule has 1 aliphatic heterocycles. The number of phosphoric ester groups is 1. The van der Waals surface area contributed by atoms with Crippen molar-refractivity contribution >= 4 is 31.6 Å². The number of phosphoric acid groups is 1. The summed E-state index contributed by atoms with van der Waals surface area (Å²) in [4.78, 5) is 51.5. The topological polar surface area (TPSA) is 255 Å². The Morgan fingerprint density at radius 1 is 0.592 bits per heavy atom. The number of allylic oxidation sites excluding steroid dienone is 3. The average molecular weight is 1110 g/mol. The molecular weight excluding hydrogens is 1000 g/mol. The second-order valence-corrected chi connectivity index (χ2v) is 21.9. The first-order valence-electron chi connectivity index (χ1n) is 29.4. The quantitative estimate of drug-likeness (QED) is 0.0143. The van der Waals surface area contributed by atoms with Crippen LogP contribution in [0.1, 0.15) is 220 Å². The van der Waals surface area contributed by atoms with E-state index in [9.17, 15) is 44.2 Å². The summed E-state index contributed by atoms with van der Waals surface area (Å²) in [6, 6.07) is 0. The van der Waals surface area contributed by atoms with E-state index in [1.54, 1.807) is 0 Å². The highest BCUT2D eigenvalue weighted by Crippen LogP contribution is 2.48. The predicted octanol–water partition coefficient (Wildman–Crippen LogP) is 10.2. The first-order valence-corrected chi connectivity index (χ1v) is 30.9. The first kappa shape index (κ1) is 71.2. The second kappa shape index (κ2) is 48.2. The molecule has 19 heteroatoms. The molecule has 0 aromatic rings. The fraction of sp³-hybridized carbons (Fsp3) is 0.860. The molecule has 18 nitrogen and oxygen atoms in total. The van der Waals surface area contributed by atoms with Gasteiger partial charge in [0.15, 0.2) is 12.4 Å². The molecule has 0 bridgehead atoms. The summed E-state index contributed by atoms with van der Waals surface area (Å²) in [5, 5.41) is 44.6. The molecular formula is C57H105N2O16P. The predicted molar refractivity (Wildman–Crippen MR) is 295 cm³/mol. The Morgan fingerprint density at radius 3 is 1.70 bits per heavy atom. The third-order valence-corrected chi connectivity index (χ3v) is 14.7. The first-order chi connectivity index (χ1) is 36.8. The normalized spacial score (nSPS) is 19.4. The van der Waals surface area contributed by atoms with Gasteiger partial charge in [0.05, 0.1) is 32.3 Å². The average Bonchev–Trinajstić information content (AvgIpc) is 3.41. The number of carbonyl (C=O) groups excluding carboxylic acids is 4. The highest BCUT2D eigenvalue weighted by molar-refractivity contribution is 7.48. The van der Waals surface area contributed by atoms with Gasteiger partial charge < -0.3 is 50.0 Å². The van der Waals surface area contributed by atoms with Crippen LogP contribution in [0.25, 0.3) is 0 Å².